The monoisotopic (exact) mass is 401 g/mol. The zero-order chi connectivity index (χ0) is 19.4. The third-order valence-electron chi connectivity index (χ3n) is 3.97. The molecule has 1 aromatic rings. The summed E-state index contributed by atoms with van der Waals surface area (Å²) in [4.78, 5) is 25.0. The molecule has 1 aliphatic heterocycles. The van der Waals surface area contributed by atoms with E-state index in [9.17, 15) is 14.0 Å². The molecule has 0 radical (unpaired) electrons. The number of allylic oxidation sites excluding steroid dienone is 2. The summed E-state index contributed by atoms with van der Waals surface area (Å²) >= 11 is 12.4. The second-order valence-electron chi connectivity index (χ2n) is 5.48. The van der Waals surface area contributed by atoms with E-state index in [-0.39, 0.29) is 33.5 Å². The number of rotatable bonds is 5. The molecule has 26 heavy (non-hydrogen) atoms. The Morgan fingerprint density at radius 2 is 1.92 bits per heavy atom. The van der Waals surface area contributed by atoms with Gasteiger partial charge in [0.2, 0.25) is 0 Å². The number of alkyl halides is 1. The molecule has 0 aromatic heterocycles. The van der Waals surface area contributed by atoms with E-state index in [4.69, 9.17) is 32.7 Å². The van der Waals surface area contributed by atoms with E-state index < -0.39 is 24.5 Å². The lowest BCUT2D eigenvalue weighted by Crippen LogP contribution is -2.34. The fraction of sp³-hybridized carbons (Fsp3) is 0.333. The maximum absolute atomic E-state index is 13.6. The normalized spacial score (nSPS) is 17.1. The van der Waals surface area contributed by atoms with Crippen LogP contribution in [0.5, 0.6) is 0 Å². The topological polar surface area (TPSA) is 64.6 Å². The molecular weight excluding hydrogens is 384 g/mol. The molecule has 0 amide bonds. The van der Waals surface area contributed by atoms with Crippen LogP contribution >= 0.6 is 23.2 Å². The van der Waals surface area contributed by atoms with E-state index in [0.717, 1.165) is 0 Å². The summed E-state index contributed by atoms with van der Waals surface area (Å²) in [6.45, 7) is 2.45. The van der Waals surface area contributed by atoms with Crippen molar-refractivity contribution >= 4 is 35.1 Å². The molecule has 140 valence electrons. The van der Waals surface area contributed by atoms with Gasteiger partial charge < -0.3 is 14.8 Å². The van der Waals surface area contributed by atoms with Crippen LogP contribution in [-0.2, 0) is 19.1 Å². The van der Waals surface area contributed by atoms with Crippen LogP contribution in [-0.4, -0.2) is 32.3 Å². The van der Waals surface area contributed by atoms with Crippen LogP contribution < -0.4 is 5.32 Å². The summed E-state index contributed by atoms with van der Waals surface area (Å²) in [6, 6.07) is 4.83. The molecule has 1 unspecified atom stereocenters. The van der Waals surface area contributed by atoms with Crippen molar-refractivity contribution in [2.45, 2.75) is 19.8 Å². The van der Waals surface area contributed by atoms with Gasteiger partial charge in [-0.3, -0.25) is 0 Å². The molecule has 0 spiro atoms. The third-order valence-corrected chi connectivity index (χ3v) is 4.81. The zero-order valence-electron chi connectivity index (χ0n) is 14.5. The van der Waals surface area contributed by atoms with Crippen LogP contribution in [0.25, 0.3) is 0 Å². The standard InChI is InChI=1S/C18H18Cl2FNO4/c1-4-26-18(24)13-9(2)22-12(8-21)15(17(23)25-3)14(13)10-6-5-7-11(19)16(10)20/h5-7,14,22H,4,8H2,1-3H3. The van der Waals surface area contributed by atoms with Gasteiger partial charge >= 0.3 is 11.9 Å². The van der Waals surface area contributed by atoms with Crippen molar-refractivity contribution < 1.29 is 23.5 Å². The number of methoxy groups -OCH3 is 1. The van der Waals surface area contributed by atoms with Gasteiger partial charge in [0.15, 0.2) is 0 Å². The molecule has 1 N–H and O–H groups in total. The first-order chi connectivity index (χ1) is 12.4. The molecule has 1 heterocycles. The van der Waals surface area contributed by atoms with Crippen molar-refractivity contribution in [3.8, 4) is 0 Å². The Labute approximate surface area is 160 Å². The second-order valence-corrected chi connectivity index (χ2v) is 6.26. The minimum Gasteiger partial charge on any atom is -0.466 e. The van der Waals surface area contributed by atoms with Crippen molar-refractivity contribution in [1.29, 1.82) is 0 Å². The Hall–Kier alpha value is -2.05. The minimum atomic E-state index is -0.973. The number of benzene rings is 1. The smallest absolute Gasteiger partial charge is 0.336 e. The molecule has 8 heteroatoms. The summed E-state index contributed by atoms with van der Waals surface area (Å²) in [6.07, 6.45) is 0. The van der Waals surface area contributed by atoms with E-state index >= 15 is 0 Å². The molecule has 1 atom stereocenters. The Bertz CT molecular complexity index is 804. The Morgan fingerprint density at radius 3 is 2.50 bits per heavy atom. The summed E-state index contributed by atoms with van der Waals surface area (Å²) < 4.78 is 23.6. The van der Waals surface area contributed by atoms with Crippen LogP contribution in [0.15, 0.2) is 40.7 Å². The second kappa shape index (κ2) is 8.56. The minimum absolute atomic E-state index is 0.00319. The van der Waals surface area contributed by atoms with Crippen molar-refractivity contribution in [3.63, 3.8) is 0 Å². The zero-order valence-corrected chi connectivity index (χ0v) is 16.0. The van der Waals surface area contributed by atoms with Gasteiger partial charge in [-0.05, 0) is 25.5 Å². The van der Waals surface area contributed by atoms with Crippen molar-refractivity contribution in [3.05, 3.63) is 56.3 Å². The Morgan fingerprint density at radius 1 is 1.23 bits per heavy atom. The molecule has 0 aliphatic carbocycles. The number of esters is 2. The lowest BCUT2D eigenvalue weighted by atomic mass is 9.80. The summed E-state index contributed by atoms with van der Waals surface area (Å²) in [5.41, 5.74) is 0.851. The van der Waals surface area contributed by atoms with Gasteiger partial charge in [-0.2, -0.15) is 0 Å². The van der Waals surface area contributed by atoms with Crippen molar-refractivity contribution in [2.24, 2.45) is 0 Å². The molecule has 2 rings (SSSR count). The number of nitrogens with one attached hydrogen (secondary N) is 1. The quantitative estimate of drug-likeness (QED) is 0.757. The number of carbonyl (C=O) groups is 2. The fourth-order valence-electron chi connectivity index (χ4n) is 2.89. The molecule has 5 nitrogen and oxygen atoms in total. The van der Waals surface area contributed by atoms with E-state index in [0.29, 0.717) is 11.3 Å². The SMILES string of the molecule is CCOC(=O)C1=C(C)NC(CF)=C(C(=O)OC)C1c1cccc(Cl)c1Cl. The predicted molar refractivity (Wildman–Crippen MR) is 96.7 cm³/mol. The highest BCUT2D eigenvalue weighted by Crippen LogP contribution is 2.43. The number of halogens is 3. The van der Waals surface area contributed by atoms with Crippen LogP contribution in [0.4, 0.5) is 4.39 Å². The third kappa shape index (κ3) is 3.71. The van der Waals surface area contributed by atoms with Crippen molar-refractivity contribution in [1.82, 2.24) is 5.32 Å². The molecule has 1 aliphatic rings. The molecule has 0 saturated heterocycles. The number of hydrogen-bond acceptors (Lipinski definition) is 5. The number of carbonyl (C=O) groups excluding carboxylic acids is 2. The van der Waals surface area contributed by atoms with Crippen LogP contribution in [0.2, 0.25) is 10.0 Å². The van der Waals surface area contributed by atoms with E-state index in [1.54, 1.807) is 32.0 Å². The fourth-order valence-corrected chi connectivity index (χ4v) is 3.30. The lowest BCUT2D eigenvalue weighted by Gasteiger charge is -2.31. The Kier molecular flexibility index (Phi) is 6.67. The van der Waals surface area contributed by atoms with Gasteiger partial charge in [-0.1, -0.05) is 35.3 Å². The molecule has 1 aromatic carbocycles. The highest BCUT2D eigenvalue weighted by atomic mass is 35.5. The van der Waals surface area contributed by atoms with Crippen LogP contribution in [0.3, 0.4) is 0 Å². The summed E-state index contributed by atoms with van der Waals surface area (Å²) in [7, 11) is 1.18. The van der Waals surface area contributed by atoms with Gasteiger partial charge in [0.05, 0.1) is 46.5 Å². The lowest BCUT2D eigenvalue weighted by molar-refractivity contribution is -0.139. The van der Waals surface area contributed by atoms with Gasteiger partial charge in [-0.25, -0.2) is 14.0 Å². The molecular formula is C18H18Cl2FNO4. The first kappa shape index (κ1) is 20.3. The number of dihydropyridines is 1. The molecule has 0 saturated carbocycles. The van der Waals surface area contributed by atoms with Gasteiger partial charge in [0.1, 0.15) is 6.67 Å². The average Bonchev–Trinajstić information content (AvgIpc) is 2.62. The first-order valence-corrected chi connectivity index (χ1v) is 8.59. The first-order valence-electron chi connectivity index (χ1n) is 7.83. The Balaban J connectivity index is 2.78. The predicted octanol–water partition coefficient (Wildman–Crippen LogP) is 3.91. The van der Waals surface area contributed by atoms with E-state index in [1.165, 1.54) is 7.11 Å². The summed E-state index contributed by atoms with van der Waals surface area (Å²) in [5, 5.41) is 3.17. The van der Waals surface area contributed by atoms with Crippen LogP contribution in [0.1, 0.15) is 25.3 Å². The molecule has 0 fully saturated rings. The number of hydrogen-bond donors (Lipinski definition) is 1. The maximum atomic E-state index is 13.6. The maximum Gasteiger partial charge on any atom is 0.336 e. The largest absolute Gasteiger partial charge is 0.466 e. The van der Waals surface area contributed by atoms with E-state index in [1.807, 2.05) is 0 Å². The van der Waals surface area contributed by atoms with Crippen molar-refractivity contribution in [2.75, 3.05) is 20.4 Å². The highest BCUT2D eigenvalue weighted by molar-refractivity contribution is 6.42. The van der Waals surface area contributed by atoms with Gasteiger partial charge in [0.25, 0.3) is 0 Å². The van der Waals surface area contributed by atoms with E-state index in [2.05, 4.69) is 5.32 Å². The van der Waals surface area contributed by atoms with Gasteiger partial charge in [-0.15, -0.1) is 0 Å². The number of ether oxygens (including phenoxy) is 2. The average molecular weight is 402 g/mol. The summed E-state index contributed by atoms with van der Waals surface area (Å²) in [5.74, 6) is -2.39. The molecule has 0 bridgehead atoms. The highest BCUT2D eigenvalue weighted by Gasteiger charge is 2.39. The van der Waals surface area contributed by atoms with Gasteiger partial charge in [0, 0.05) is 5.70 Å². The van der Waals surface area contributed by atoms with Crippen LogP contribution in [0, 0.1) is 0 Å².